The molecule has 1 aliphatic carbocycles. The fourth-order valence-corrected chi connectivity index (χ4v) is 4.28. The minimum Gasteiger partial charge on any atom is -0.341 e. The average Bonchev–Trinajstić information content (AvgIpc) is 3.26. The Balaban J connectivity index is 1.65. The van der Waals surface area contributed by atoms with Crippen molar-refractivity contribution in [1.82, 2.24) is 23.6 Å². The molecule has 1 saturated carbocycles. The van der Waals surface area contributed by atoms with Gasteiger partial charge >= 0.3 is 5.69 Å². The molecule has 0 spiro atoms. The molecule has 0 aromatic carbocycles. The van der Waals surface area contributed by atoms with Gasteiger partial charge < -0.3 is 15.2 Å². The molecule has 2 aliphatic rings. The van der Waals surface area contributed by atoms with E-state index in [4.69, 9.17) is 5.73 Å². The third kappa shape index (κ3) is 2.33. The third-order valence-corrected chi connectivity index (χ3v) is 5.76. The van der Waals surface area contributed by atoms with Gasteiger partial charge in [0.25, 0.3) is 5.56 Å². The Labute approximate surface area is 143 Å². The normalized spacial score (nSPS) is 25.7. The second-order valence-electron chi connectivity index (χ2n) is 7.22. The summed E-state index contributed by atoms with van der Waals surface area (Å²) in [6.45, 7) is 1.04. The van der Waals surface area contributed by atoms with E-state index in [0.29, 0.717) is 36.1 Å². The average molecular weight is 346 g/mol. The Morgan fingerprint density at radius 3 is 2.76 bits per heavy atom. The van der Waals surface area contributed by atoms with E-state index in [2.05, 4.69) is 4.98 Å². The quantitative estimate of drug-likeness (QED) is 0.722. The van der Waals surface area contributed by atoms with Crippen LogP contribution in [0.1, 0.15) is 12.8 Å². The molecule has 134 valence electrons. The molecule has 3 unspecified atom stereocenters. The predicted molar refractivity (Wildman–Crippen MR) is 91.0 cm³/mol. The van der Waals surface area contributed by atoms with Crippen LogP contribution in [0.25, 0.3) is 11.2 Å². The zero-order valence-electron chi connectivity index (χ0n) is 14.4. The van der Waals surface area contributed by atoms with Crippen LogP contribution in [0.15, 0.2) is 15.9 Å². The summed E-state index contributed by atoms with van der Waals surface area (Å²) < 4.78 is 3.87. The second kappa shape index (κ2) is 5.55. The number of hydrogen-bond donors (Lipinski definition) is 1. The molecular weight excluding hydrogens is 324 g/mol. The molecular formula is C16H22N6O3. The number of aromatic nitrogens is 4. The van der Waals surface area contributed by atoms with Gasteiger partial charge in [-0.05, 0) is 24.7 Å². The molecule has 1 amide bonds. The molecule has 2 aromatic rings. The zero-order valence-corrected chi connectivity index (χ0v) is 14.4. The summed E-state index contributed by atoms with van der Waals surface area (Å²) in [6, 6.07) is 0.143. The van der Waals surface area contributed by atoms with Crippen molar-refractivity contribution in [3.05, 3.63) is 27.2 Å². The van der Waals surface area contributed by atoms with Gasteiger partial charge in [-0.15, -0.1) is 0 Å². The zero-order chi connectivity index (χ0) is 17.9. The monoisotopic (exact) mass is 346 g/mol. The summed E-state index contributed by atoms with van der Waals surface area (Å²) in [5.74, 6) is 0.573. The Bertz CT molecular complexity index is 971. The molecule has 1 aliphatic heterocycles. The van der Waals surface area contributed by atoms with Crippen LogP contribution in [0.4, 0.5) is 0 Å². The van der Waals surface area contributed by atoms with Crippen molar-refractivity contribution in [2.45, 2.75) is 25.4 Å². The number of carbonyl (C=O) groups is 1. The first-order chi connectivity index (χ1) is 11.9. The molecule has 1 saturated heterocycles. The fourth-order valence-electron chi connectivity index (χ4n) is 4.28. The van der Waals surface area contributed by atoms with Crippen molar-refractivity contribution in [2.24, 2.45) is 31.7 Å². The van der Waals surface area contributed by atoms with E-state index in [-0.39, 0.29) is 18.5 Å². The number of likely N-dealkylation sites (tertiary alicyclic amines) is 1. The standard InChI is InChI=1S/C16H22N6O3/c1-19-8-18-14-13(19)15(24)22(16(25)20(14)2)7-12(23)21-5-9-3-4-11(17)10(9)6-21/h8-11H,3-7,17H2,1-2H3. The Morgan fingerprint density at radius 2 is 2.04 bits per heavy atom. The highest BCUT2D eigenvalue weighted by molar-refractivity contribution is 5.77. The largest absolute Gasteiger partial charge is 0.341 e. The molecule has 2 aromatic heterocycles. The van der Waals surface area contributed by atoms with Crippen LogP contribution >= 0.6 is 0 Å². The van der Waals surface area contributed by atoms with E-state index in [0.717, 1.165) is 17.4 Å². The number of nitrogens with zero attached hydrogens (tertiary/aromatic N) is 5. The SMILES string of the molecule is Cn1cnc2c1c(=O)n(CC(=O)N1CC3CCC(N)C3C1)c(=O)n2C. The lowest BCUT2D eigenvalue weighted by Crippen LogP contribution is -2.44. The maximum Gasteiger partial charge on any atom is 0.332 e. The van der Waals surface area contributed by atoms with Gasteiger partial charge in [0, 0.05) is 33.2 Å². The van der Waals surface area contributed by atoms with Crippen LogP contribution in [-0.2, 0) is 25.4 Å². The van der Waals surface area contributed by atoms with Gasteiger partial charge in [0.1, 0.15) is 6.54 Å². The molecule has 0 bridgehead atoms. The number of amides is 1. The van der Waals surface area contributed by atoms with Crippen LogP contribution in [0.3, 0.4) is 0 Å². The Morgan fingerprint density at radius 1 is 1.28 bits per heavy atom. The molecule has 3 atom stereocenters. The number of fused-ring (bicyclic) bond motifs is 2. The third-order valence-electron chi connectivity index (χ3n) is 5.76. The molecule has 9 nitrogen and oxygen atoms in total. The second-order valence-corrected chi connectivity index (χ2v) is 7.22. The van der Waals surface area contributed by atoms with Crippen LogP contribution < -0.4 is 17.0 Å². The van der Waals surface area contributed by atoms with Gasteiger partial charge in [0.2, 0.25) is 5.91 Å². The summed E-state index contributed by atoms with van der Waals surface area (Å²) in [7, 11) is 3.24. The van der Waals surface area contributed by atoms with Crippen molar-refractivity contribution < 1.29 is 4.79 Å². The molecule has 2 N–H and O–H groups in total. The number of nitrogens with two attached hydrogens (primary N) is 1. The highest BCUT2D eigenvalue weighted by Gasteiger charge is 2.42. The number of imidazole rings is 1. The van der Waals surface area contributed by atoms with E-state index in [1.54, 1.807) is 23.6 Å². The fraction of sp³-hybridized carbons (Fsp3) is 0.625. The summed E-state index contributed by atoms with van der Waals surface area (Å²) in [6.07, 6.45) is 3.54. The van der Waals surface area contributed by atoms with Gasteiger partial charge in [-0.25, -0.2) is 14.3 Å². The van der Waals surface area contributed by atoms with Crippen LogP contribution in [0.2, 0.25) is 0 Å². The summed E-state index contributed by atoms with van der Waals surface area (Å²) in [5, 5.41) is 0. The smallest absolute Gasteiger partial charge is 0.332 e. The molecule has 3 heterocycles. The lowest BCUT2D eigenvalue weighted by molar-refractivity contribution is -0.131. The van der Waals surface area contributed by atoms with Crippen LogP contribution in [0, 0.1) is 11.8 Å². The molecule has 2 fully saturated rings. The molecule has 9 heteroatoms. The van der Waals surface area contributed by atoms with Gasteiger partial charge in [-0.1, -0.05) is 0 Å². The first-order valence-electron chi connectivity index (χ1n) is 8.52. The number of carbonyl (C=O) groups excluding carboxylic acids is 1. The first-order valence-corrected chi connectivity index (χ1v) is 8.52. The van der Waals surface area contributed by atoms with E-state index in [1.807, 2.05) is 0 Å². The summed E-state index contributed by atoms with van der Waals surface area (Å²) >= 11 is 0. The van der Waals surface area contributed by atoms with Gasteiger partial charge in [-0.3, -0.25) is 14.2 Å². The van der Waals surface area contributed by atoms with Crippen LogP contribution in [-0.4, -0.2) is 48.6 Å². The molecule has 4 rings (SSSR count). The summed E-state index contributed by atoms with van der Waals surface area (Å²) in [4.78, 5) is 43.7. The predicted octanol–water partition coefficient (Wildman–Crippen LogP) is -1.37. The Hall–Kier alpha value is -2.42. The van der Waals surface area contributed by atoms with Crippen molar-refractivity contribution in [3.63, 3.8) is 0 Å². The van der Waals surface area contributed by atoms with E-state index >= 15 is 0 Å². The van der Waals surface area contributed by atoms with Gasteiger partial charge in [-0.2, -0.15) is 0 Å². The first kappa shape index (κ1) is 16.1. The van der Waals surface area contributed by atoms with Gasteiger partial charge in [0.05, 0.1) is 6.33 Å². The van der Waals surface area contributed by atoms with E-state index < -0.39 is 11.2 Å². The number of aryl methyl sites for hydroxylation is 2. The van der Waals surface area contributed by atoms with Gasteiger partial charge in [0.15, 0.2) is 11.2 Å². The maximum absolute atomic E-state index is 12.7. The minimum absolute atomic E-state index is 0.143. The van der Waals surface area contributed by atoms with Crippen molar-refractivity contribution >= 4 is 17.1 Å². The molecule has 0 radical (unpaired) electrons. The highest BCUT2D eigenvalue weighted by atomic mass is 16.2. The van der Waals surface area contributed by atoms with Crippen molar-refractivity contribution in [1.29, 1.82) is 0 Å². The minimum atomic E-state index is -0.527. The van der Waals surface area contributed by atoms with Crippen molar-refractivity contribution in [2.75, 3.05) is 13.1 Å². The number of rotatable bonds is 2. The lowest BCUT2D eigenvalue weighted by Gasteiger charge is -2.19. The summed E-state index contributed by atoms with van der Waals surface area (Å²) in [5.41, 5.74) is 5.74. The topological polar surface area (TPSA) is 108 Å². The van der Waals surface area contributed by atoms with Crippen molar-refractivity contribution in [3.8, 4) is 0 Å². The Kier molecular flexibility index (Phi) is 3.57. The highest BCUT2D eigenvalue weighted by Crippen LogP contribution is 2.37. The number of hydrogen-bond acceptors (Lipinski definition) is 5. The van der Waals surface area contributed by atoms with E-state index in [1.165, 1.54) is 10.9 Å². The van der Waals surface area contributed by atoms with Crippen LogP contribution in [0.5, 0.6) is 0 Å². The molecule has 25 heavy (non-hydrogen) atoms. The lowest BCUT2D eigenvalue weighted by atomic mass is 9.98. The maximum atomic E-state index is 12.7. The van der Waals surface area contributed by atoms with E-state index in [9.17, 15) is 14.4 Å².